The van der Waals surface area contributed by atoms with E-state index < -0.39 is 5.97 Å². The Balaban J connectivity index is 2.33. The lowest BCUT2D eigenvalue weighted by Crippen LogP contribution is -2.04. The van der Waals surface area contributed by atoms with E-state index in [-0.39, 0.29) is 5.56 Å². The number of carboxylic acids is 1. The molecular formula is C12H12N2O2. The summed E-state index contributed by atoms with van der Waals surface area (Å²) in [6.45, 7) is 0. The fourth-order valence-electron chi connectivity index (χ4n) is 2.38. The molecule has 2 heterocycles. The van der Waals surface area contributed by atoms with E-state index in [4.69, 9.17) is 5.11 Å². The molecule has 1 aliphatic rings. The molecule has 82 valence electrons. The minimum absolute atomic E-state index is 0.289. The van der Waals surface area contributed by atoms with E-state index in [0.29, 0.717) is 5.65 Å². The van der Waals surface area contributed by atoms with Crippen molar-refractivity contribution < 1.29 is 9.90 Å². The van der Waals surface area contributed by atoms with Crippen molar-refractivity contribution in [2.45, 2.75) is 25.7 Å². The molecule has 0 bridgehead atoms. The quantitative estimate of drug-likeness (QED) is 0.792. The summed E-state index contributed by atoms with van der Waals surface area (Å²) in [5.74, 6) is -0.909. The number of aryl methyl sites for hydroxylation is 2. The van der Waals surface area contributed by atoms with Gasteiger partial charge in [0.05, 0.1) is 5.69 Å². The average Bonchev–Trinajstić information content (AvgIpc) is 2.67. The van der Waals surface area contributed by atoms with Crippen molar-refractivity contribution in [1.82, 2.24) is 9.38 Å². The molecule has 4 nitrogen and oxygen atoms in total. The molecule has 0 aromatic carbocycles. The zero-order valence-corrected chi connectivity index (χ0v) is 8.81. The Labute approximate surface area is 92.5 Å². The minimum Gasteiger partial charge on any atom is -0.478 e. The molecule has 16 heavy (non-hydrogen) atoms. The Hall–Kier alpha value is -1.84. The predicted octanol–water partition coefficient (Wildman–Crippen LogP) is 1.91. The Morgan fingerprint density at radius 3 is 3.00 bits per heavy atom. The second kappa shape index (κ2) is 3.33. The van der Waals surface area contributed by atoms with Gasteiger partial charge in [-0.15, -0.1) is 0 Å². The molecule has 0 fully saturated rings. The van der Waals surface area contributed by atoms with Crippen LogP contribution in [0.1, 0.15) is 34.6 Å². The lowest BCUT2D eigenvalue weighted by molar-refractivity contribution is 0.0698. The van der Waals surface area contributed by atoms with Crippen molar-refractivity contribution in [1.29, 1.82) is 0 Å². The third-order valence-electron chi connectivity index (χ3n) is 3.14. The fraction of sp³-hybridized carbons (Fsp3) is 0.333. The van der Waals surface area contributed by atoms with E-state index in [0.717, 1.165) is 31.4 Å². The van der Waals surface area contributed by atoms with Gasteiger partial charge in [0, 0.05) is 11.9 Å². The van der Waals surface area contributed by atoms with Gasteiger partial charge in [0.1, 0.15) is 5.56 Å². The molecular weight excluding hydrogens is 204 g/mol. The van der Waals surface area contributed by atoms with Crippen LogP contribution in [0.25, 0.3) is 5.65 Å². The van der Waals surface area contributed by atoms with Gasteiger partial charge in [0.25, 0.3) is 0 Å². The van der Waals surface area contributed by atoms with E-state index in [1.165, 1.54) is 5.69 Å². The smallest absolute Gasteiger partial charge is 0.339 e. The van der Waals surface area contributed by atoms with E-state index in [2.05, 4.69) is 4.98 Å². The molecule has 0 saturated carbocycles. The van der Waals surface area contributed by atoms with Crippen LogP contribution in [-0.4, -0.2) is 20.5 Å². The van der Waals surface area contributed by atoms with Gasteiger partial charge < -0.3 is 9.51 Å². The van der Waals surface area contributed by atoms with Crippen molar-refractivity contribution in [3.63, 3.8) is 0 Å². The maximum atomic E-state index is 11.1. The van der Waals surface area contributed by atoms with Crippen LogP contribution in [0, 0.1) is 0 Å². The minimum atomic E-state index is -0.909. The van der Waals surface area contributed by atoms with Gasteiger partial charge in [-0.1, -0.05) is 0 Å². The standard InChI is InChI=1S/C12H12N2O2/c15-12(16)8-4-3-7-14-10-6-2-1-5-9(10)13-11(8)14/h3-4,7H,1-2,5-6H2,(H,15,16). The largest absolute Gasteiger partial charge is 0.478 e. The number of pyridine rings is 1. The molecule has 0 amide bonds. The molecule has 0 saturated heterocycles. The van der Waals surface area contributed by atoms with Crippen LogP contribution in [0.4, 0.5) is 0 Å². The summed E-state index contributed by atoms with van der Waals surface area (Å²) in [7, 11) is 0. The molecule has 1 aliphatic carbocycles. The number of aromatic carboxylic acids is 1. The third kappa shape index (κ3) is 1.23. The zero-order chi connectivity index (χ0) is 11.1. The van der Waals surface area contributed by atoms with Gasteiger partial charge >= 0.3 is 5.97 Å². The van der Waals surface area contributed by atoms with E-state index in [1.54, 1.807) is 12.1 Å². The van der Waals surface area contributed by atoms with Gasteiger partial charge in [-0.3, -0.25) is 0 Å². The molecule has 0 atom stereocenters. The maximum Gasteiger partial charge on any atom is 0.339 e. The van der Waals surface area contributed by atoms with Crippen molar-refractivity contribution in [3.8, 4) is 0 Å². The molecule has 2 aromatic heterocycles. The Kier molecular flexibility index (Phi) is 1.96. The average molecular weight is 216 g/mol. The summed E-state index contributed by atoms with van der Waals surface area (Å²) in [5.41, 5.74) is 3.13. The zero-order valence-electron chi connectivity index (χ0n) is 8.81. The van der Waals surface area contributed by atoms with Crippen LogP contribution in [0.5, 0.6) is 0 Å². The highest BCUT2D eigenvalue weighted by Crippen LogP contribution is 2.23. The topological polar surface area (TPSA) is 54.6 Å². The molecule has 1 N–H and O–H groups in total. The first-order valence-corrected chi connectivity index (χ1v) is 5.49. The number of rotatable bonds is 1. The SMILES string of the molecule is O=C(O)c1cccn2c3c(nc12)CCCC3. The van der Waals surface area contributed by atoms with Crippen molar-refractivity contribution in [2.75, 3.05) is 0 Å². The van der Waals surface area contributed by atoms with E-state index in [1.807, 2.05) is 10.6 Å². The first-order chi connectivity index (χ1) is 7.77. The van der Waals surface area contributed by atoms with Crippen molar-refractivity contribution >= 4 is 11.6 Å². The van der Waals surface area contributed by atoms with Gasteiger partial charge in [0.15, 0.2) is 5.65 Å². The first kappa shape index (κ1) is 9.39. The Morgan fingerprint density at radius 2 is 2.19 bits per heavy atom. The number of nitrogens with zero attached hydrogens (tertiary/aromatic N) is 2. The maximum absolute atomic E-state index is 11.1. The van der Waals surface area contributed by atoms with Crippen molar-refractivity contribution in [2.24, 2.45) is 0 Å². The summed E-state index contributed by atoms with van der Waals surface area (Å²) < 4.78 is 1.93. The van der Waals surface area contributed by atoms with Crippen molar-refractivity contribution in [3.05, 3.63) is 35.3 Å². The second-order valence-electron chi connectivity index (χ2n) is 4.13. The molecule has 0 radical (unpaired) electrons. The summed E-state index contributed by atoms with van der Waals surface area (Å²) >= 11 is 0. The number of hydrogen-bond donors (Lipinski definition) is 1. The summed E-state index contributed by atoms with van der Waals surface area (Å²) in [5, 5.41) is 9.09. The van der Waals surface area contributed by atoms with Crippen LogP contribution in [0.3, 0.4) is 0 Å². The lowest BCUT2D eigenvalue weighted by Gasteiger charge is -2.09. The molecule has 0 aliphatic heterocycles. The number of aromatic nitrogens is 2. The fourth-order valence-corrected chi connectivity index (χ4v) is 2.38. The lowest BCUT2D eigenvalue weighted by atomic mass is 10.0. The Bertz CT molecular complexity index is 572. The van der Waals surface area contributed by atoms with Gasteiger partial charge in [-0.25, -0.2) is 9.78 Å². The molecule has 0 unspecified atom stereocenters. The van der Waals surface area contributed by atoms with Gasteiger partial charge in [0.2, 0.25) is 0 Å². The van der Waals surface area contributed by atoms with Crippen LogP contribution in [0.2, 0.25) is 0 Å². The summed E-state index contributed by atoms with van der Waals surface area (Å²) in [6, 6.07) is 3.38. The highest BCUT2D eigenvalue weighted by atomic mass is 16.4. The highest BCUT2D eigenvalue weighted by molar-refractivity contribution is 5.94. The number of fused-ring (bicyclic) bond motifs is 3. The summed E-state index contributed by atoms with van der Waals surface area (Å²) in [4.78, 5) is 15.5. The van der Waals surface area contributed by atoms with Crippen LogP contribution in [-0.2, 0) is 12.8 Å². The predicted molar refractivity (Wildman–Crippen MR) is 58.8 cm³/mol. The second-order valence-corrected chi connectivity index (χ2v) is 4.13. The number of carboxylic acid groups (broad SMARTS) is 1. The summed E-state index contributed by atoms with van der Waals surface area (Å²) in [6.07, 6.45) is 6.19. The monoisotopic (exact) mass is 216 g/mol. The first-order valence-electron chi connectivity index (χ1n) is 5.49. The van der Waals surface area contributed by atoms with E-state index in [9.17, 15) is 4.79 Å². The molecule has 3 rings (SSSR count). The molecule has 2 aromatic rings. The number of carbonyl (C=O) groups is 1. The van der Waals surface area contributed by atoms with Gasteiger partial charge in [-0.05, 0) is 37.8 Å². The van der Waals surface area contributed by atoms with Crippen LogP contribution >= 0.6 is 0 Å². The van der Waals surface area contributed by atoms with Gasteiger partial charge in [-0.2, -0.15) is 0 Å². The van der Waals surface area contributed by atoms with E-state index >= 15 is 0 Å². The normalized spacial score (nSPS) is 15.0. The molecule has 4 heteroatoms. The Morgan fingerprint density at radius 1 is 1.38 bits per heavy atom. The van der Waals surface area contributed by atoms with Crippen LogP contribution in [0.15, 0.2) is 18.3 Å². The number of hydrogen-bond acceptors (Lipinski definition) is 2. The highest BCUT2D eigenvalue weighted by Gasteiger charge is 2.19. The molecule has 0 spiro atoms. The van der Waals surface area contributed by atoms with Crippen LogP contribution < -0.4 is 0 Å². The number of imidazole rings is 1. The third-order valence-corrected chi connectivity index (χ3v) is 3.14.